The van der Waals surface area contributed by atoms with Gasteiger partial charge in [-0.2, -0.15) is 11.8 Å². The smallest absolute Gasteiger partial charge is 0.225 e. The fourth-order valence-electron chi connectivity index (χ4n) is 3.26. The van der Waals surface area contributed by atoms with E-state index in [1.54, 1.807) is 30.6 Å². The maximum atomic E-state index is 8.62. The molecule has 0 aliphatic carbocycles. The first-order valence-corrected chi connectivity index (χ1v) is 11.7. The number of nitrogens with two attached hydrogens (primary N) is 2. The molecule has 2 aromatic heterocycles. The van der Waals surface area contributed by atoms with Crippen molar-refractivity contribution in [3.8, 4) is 5.75 Å². The normalized spacial score (nSPS) is 14.8. The van der Waals surface area contributed by atoms with Crippen LogP contribution in [0.5, 0.6) is 5.75 Å². The van der Waals surface area contributed by atoms with Crippen molar-refractivity contribution in [1.29, 1.82) is 5.41 Å². The molecule has 1 aliphatic rings. The first-order valence-electron chi connectivity index (χ1n) is 9.78. The molecule has 0 spiro atoms. The summed E-state index contributed by atoms with van der Waals surface area (Å²) < 4.78 is 5.83. The molecule has 1 aliphatic heterocycles. The van der Waals surface area contributed by atoms with E-state index in [0.29, 0.717) is 44.1 Å². The van der Waals surface area contributed by atoms with Gasteiger partial charge in [0, 0.05) is 71.8 Å². The van der Waals surface area contributed by atoms with Gasteiger partial charge in [-0.1, -0.05) is 23.2 Å². The predicted molar refractivity (Wildman–Crippen MR) is 130 cm³/mol. The van der Waals surface area contributed by atoms with E-state index in [1.165, 1.54) is 12.4 Å². The molecule has 0 bridgehead atoms. The molecule has 166 valence electrons. The second-order valence-electron chi connectivity index (χ2n) is 7.05. The Hall–Kier alpha value is -2.59. The van der Waals surface area contributed by atoms with Crippen LogP contribution in [0.2, 0.25) is 10.0 Å². The monoisotopic (exact) mass is 489 g/mol. The highest BCUT2D eigenvalue weighted by molar-refractivity contribution is 7.99. The number of aromatic nitrogens is 3. The fraction of sp³-hybridized carbons (Fsp3) is 0.238. The number of nitrogens with zero attached hydrogens (tertiary/aromatic N) is 4. The van der Waals surface area contributed by atoms with Crippen LogP contribution in [0.4, 0.5) is 11.6 Å². The Labute approximate surface area is 199 Å². The number of hydrogen-bond acceptors (Lipinski definition) is 9. The lowest BCUT2D eigenvalue weighted by Gasteiger charge is -2.26. The Morgan fingerprint density at radius 3 is 2.41 bits per heavy atom. The number of ether oxygens (including phenoxy) is 1. The average molecular weight is 490 g/mol. The zero-order valence-electron chi connectivity index (χ0n) is 17.0. The Kier molecular flexibility index (Phi) is 7.00. The molecule has 0 radical (unpaired) electrons. The number of anilines is 2. The molecule has 32 heavy (non-hydrogen) atoms. The Morgan fingerprint density at radius 2 is 1.75 bits per heavy atom. The molecular formula is C21H21Cl2N7OS. The molecule has 3 aromatic rings. The molecule has 11 heteroatoms. The Balaban J connectivity index is 1.54. The molecule has 0 unspecified atom stereocenters. The number of hydrogen-bond donors (Lipinski definition) is 3. The fourth-order valence-corrected chi connectivity index (χ4v) is 4.74. The van der Waals surface area contributed by atoms with E-state index in [9.17, 15) is 0 Å². The van der Waals surface area contributed by atoms with E-state index in [-0.39, 0.29) is 5.71 Å². The van der Waals surface area contributed by atoms with Crippen LogP contribution in [0, 0.1) is 5.41 Å². The molecule has 1 atom stereocenters. The van der Waals surface area contributed by atoms with Crippen molar-refractivity contribution in [1.82, 2.24) is 15.0 Å². The van der Waals surface area contributed by atoms with Crippen molar-refractivity contribution >= 4 is 52.3 Å². The minimum absolute atomic E-state index is 0.183. The van der Waals surface area contributed by atoms with Crippen LogP contribution in [0.25, 0.3) is 0 Å². The molecule has 1 aromatic carbocycles. The summed E-state index contributed by atoms with van der Waals surface area (Å²) in [5, 5.41) is 9.23. The van der Waals surface area contributed by atoms with Crippen LogP contribution in [0.15, 0.2) is 43.0 Å². The molecule has 3 heterocycles. The van der Waals surface area contributed by atoms with Crippen LogP contribution in [-0.4, -0.2) is 45.3 Å². The highest BCUT2D eigenvalue weighted by Crippen LogP contribution is 2.31. The number of nitrogen functional groups attached to an aromatic ring is 1. The lowest BCUT2D eigenvalue weighted by Crippen LogP contribution is -2.33. The Morgan fingerprint density at radius 1 is 1.09 bits per heavy atom. The molecule has 1 saturated heterocycles. The third-order valence-corrected chi connectivity index (χ3v) is 6.50. The summed E-state index contributed by atoms with van der Waals surface area (Å²) in [6.45, 7) is 1.83. The van der Waals surface area contributed by atoms with Crippen molar-refractivity contribution in [2.75, 3.05) is 35.2 Å². The van der Waals surface area contributed by atoms with Crippen molar-refractivity contribution in [2.24, 2.45) is 5.73 Å². The molecule has 5 N–H and O–H groups in total. The van der Waals surface area contributed by atoms with Crippen molar-refractivity contribution in [2.45, 2.75) is 6.23 Å². The maximum Gasteiger partial charge on any atom is 0.225 e. The van der Waals surface area contributed by atoms with Crippen LogP contribution in [0.3, 0.4) is 0 Å². The van der Waals surface area contributed by atoms with Gasteiger partial charge in [-0.25, -0.2) is 9.97 Å². The second kappa shape index (κ2) is 9.91. The van der Waals surface area contributed by atoms with Crippen LogP contribution >= 0.6 is 35.0 Å². The largest absolute Gasteiger partial charge is 0.471 e. The van der Waals surface area contributed by atoms with Crippen LogP contribution in [-0.2, 0) is 0 Å². The molecule has 0 amide bonds. The van der Waals surface area contributed by atoms with E-state index >= 15 is 0 Å². The number of rotatable bonds is 6. The quantitative estimate of drug-likeness (QED) is 0.271. The molecule has 8 nitrogen and oxygen atoms in total. The van der Waals surface area contributed by atoms with Gasteiger partial charge in [0.2, 0.25) is 5.95 Å². The summed E-state index contributed by atoms with van der Waals surface area (Å²) in [6, 6.07) is 4.97. The third-order valence-electron chi connectivity index (χ3n) is 4.95. The summed E-state index contributed by atoms with van der Waals surface area (Å²) in [5.41, 5.74) is 14.4. The predicted octanol–water partition coefficient (Wildman–Crippen LogP) is 3.77. The highest BCUT2D eigenvalue weighted by atomic mass is 35.5. The Bertz CT molecular complexity index is 1100. The van der Waals surface area contributed by atoms with Crippen molar-refractivity contribution < 1.29 is 4.74 Å². The van der Waals surface area contributed by atoms with E-state index in [1.807, 2.05) is 11.8 Å². The summed E-state index contributed by atoms with van der Waals surface area (Å²) in [7, 11) is 0. The van der Waals surface area contributed by atoms with E-state index < -0.39 is 6.23 Å². The second-order valence-corrected chi connectivity index (χ2v) is 9.09. The zero-order chi connectivity index (χ0) is 22.7. The molecule has 0 saturated carbocycles. The van der Waals surface area contributed by atoms with Gasteiger partial charge in [-0.05, 0) is 18.2 Å². The van der Waals surface area contributed by atoms with E-state index in [0.717, 1.165) is 24.6 Å². The maximum absolute atomic E-state index is 8.62. The van der Waals surface area contributed by atoms with Crippen molar-refractivity contribution in [3.05, 3.63) is 69.7 Å². The standard InChI is InChI=1S/C21H21Cl2N7OS/c22-15-10-27-11-16(23)18(15)20(26)31-13-1-2-17(24)14(7-13)19(25)12-8-28-21(29-9-12)30-3-5-32-6-4-30/h1-2,7-11,20,25H,3-6,24,26H2/t20-/m0/s1. The van der Waals surface area contributed by atoms with Gasteiger partial charge >= 0.3 is 0 Å². The van der Waals surface area contributed by atoms with Crippen LogP contribution in [0.1, 0.15) is 22.9 Å². The molecular weight excluding hydrogens is 469 g/mol. The van der Waals surface area contributed by atoms with Gasteiger partial charge in [-0.15, -0.1) is 0 Å². The highest BCUT2D eigenvalue weighted by Gasteiger charge is 2.19. The minimum atomic E-state index is -0.922. The van der Waals surface area contributed by atoms with Gasteiger partial charge in [0.05, 0.1) is 15.8 Å². The number of benzene rings is 1. The minimum Gasteiger partial charge on any atom is -0.471 e. The summed E-state index contributed by atoms with van der Waals surface area (Å²) in [4.78, 5) is 15.0. The number of nitrogens with one attached hydrogen (secondary N) is 1. The topological polar surface area (TPSA) is 127 Å². The lowest BCUT2D eigenvalue weighted by molar-refractivity contribution is 0.214. The summed E-state index contributed by atoms with van der Waals surface area (Å²) >= 11 is 14.3. The summed E-state index contributed by atoms with van der Waals surface area (Å²) in [5.74, 6) is 3.20. The van der Waals surface area contributed by atoms with Crippen LogP contribution < -0.4 is 21.1 Å². The van der Waals surface area contributed by atoms with Gasteiger partial charge in [0.25, 0.3) is 0 Å². The summed E-state index contributed by atoms with van der Waals surface area (Å²) in [6.07, 6.45) is 5.25. The number of pyridine rings is 1. The third kappa shape index (κ3) is 4.91. The van der Waals surface area contributed by atoms with Crippen molar-refractivity contribution in [3.63, 3.8) is 0 Å². The van der Waals surface area contributed by atoms with Gasteiger partial charge in [-0.3, -0.25) is 16.1 Å². The lowest BCUT2D eigenvalue weighted by atomic mass is 10.0. The van der Waals surface area contributed by atoms with Gasteiger partial charge in [0.15, 0.2) is 6.23 Å². The SMILES string of the molecule is N=C(c1cnc(N2CCSCC2)nc1)c1cc(O[C@H](N)c2c(Cl)cncc2Cl)ccc1N. The van der Waals surface area contributed by atoms with Gasteiger partial charge < -0.3 is 15.4 Å². The molecule has 4 rings (SSSR count). The van der Waals surface area contributed by atoms with E-state index in [4.69, 9.17) is 44.8 Å². The zero-order valence-corrected chi connectivity index (χ0v) is 19.3. The number of thioether (sulfide) groups is 1. The first-order chi connectivity index (χ1) is 15.4. The average Bonchev–Trinajstić information content (AvgIpc) is 2.80. The molecule has 1 fully saturated rings. The van der Waals surface area contributed by atoms with E-state index in [2.05, 4.69) is 19.9 Å². The first kappa shape index (κ1) is 22.6. The number of halogens is 2. The van der Waals surface area contributed by atoms with Gasteiger partial charge in [0.1, 0.15) is 5.75 Å².